The lowest BCUT2D eigenvalue weighted by atomic mass is 9.59. The van der Waals surface area contributed by atoms with Crippen molar-refractivity contribution in [1.82, 2.24) is 5.32 Å². The maximum Gasteiger partial charge on any atom is 0.286 e. The van der Waals surface area contributed by atoms with Crippen molar-refractivity contribution in [2.75, 3.05) is 0 Å². The standard InChI is InChI=1S/C23H27F2NO5/c1-12-4-6-16-13(2)19(20(27)26-11-14-5-7-17(24)18(25)10-14)28-21-23(16)15(12)8-9-22(3,29-21)30-31-23/h5,7,10,12,15-16,21H,4,6,8-9,11H2,1-3H3,(H,26,27)/t12-,15+,16+,21-,22-,23-/m1/s1. The Kier molecular flexibility index (Phi) is 4.88. The van der Waals surface area contributed by atoms with Crippen LogP contribution in [0, 0.1) is 29.4 Å². The van der Waals surface area contributed by atoms with Crippen molar-refractivity contribution < 1.29 is 32.8 Å². The average Bonchev–Trinajstić information content (AvgIpc) is 2.97. The fraction of sp³-hybridized carbons (Fsp3) is 0.609. The van der Waals surface area contributed by atoms with E-state index >= 15 is 0 Å². The Morgan fingerprint density at radius 2 is 2.00 bits per heavy atom. The lowest BCUT2D eigenvalue weighted by molar-refractivity contribution is -0.555. The van der Waals surface area contributed by atoms with Crippen molar-refractivity contribution in [2.45, 2.75) is 70.7 Å². The first-order valence-electron chi connectivity index (χ1n) is 10.9. The second-order valence-corrected chi connectivity index (χ2v) is 9.42. The van der Waals surface area contributed by atoms with E-state index in [4.69, 9.17) is 19.2 Å². The lowest BCUT2D eigenvalue weighted by Crippen LogP contribution is -2.67. The number of hydrogen-bond donors (Lipinski definition) is 1. The Morgan fingerprint density at radius 3 is 2.77 bits per heavy atom. The third-order valence-electron chi connectivity index (χ3n) is 7.47. The number of carbonyl (C=O) groups excluding carboxylic acids is 1. The van der Waals surface area contributed by atoms with Crippen LogP contribution in [-0.4, -0.2) is 23.6 Å². The fourth-order valence-corrected chi connectivity index (χ4v) is 5.76. The summed E-state index contributed by atoms with van der Waals surface area (Å²) in [5.74, 6) is -2.46. The first-order chi connectivity index (χ1) is 14.7. The van der Waals surface area contributed by atoms with E-state index in [1.54, 1.807) is 0 Å². The van der Waals surface area contributed by atoms with Crippen LogP contribution in [0.4, 0.5) is 8.78 Å². The van der Waals surface area contributed by atoms with Crippen LogP contribution in [-0.2, 0) is 30.6 Å². The normalized spacial score (nSPS) is 38.9. The van der Waals surface area contributed by atoms with E-state index < -0.39 is 35.2 Å². The van der Waals surface area contributed by atoms with Crippen molar-refractivity contribution in [3.05, 3.63) is 46.7 Å². The molecule has 1 aromatic carbocycles. The van der Waals surface area contributed by atoms with Gasteiger partial charge in [-0.2, -0.15) is 0 Å². The summed E-state index contributed by atoms with van der Waals surface area (Å²) in [7, 11) is 0. The topological polar surface area (TPSA) is 66.0 Å². The molecule has 31 heavy (non-hydrogen) atoms. The van der Waals surface area contributed by atoms with E-state index in [1.165, 1.54) is 6.07 Å². The zero-order valence-corrected chi connectivity index (χ0v) is 17.9. The van der Waals surface area contributed by atoms with Crippen molar-refractivity contribution in [3.8, 4) is 0 Å². The molecule has 1 N–H and O–H groups in total. The smallest absolute Gasteiger partial charge is 0.286 e. The Bertz CT molecular complexity index is 952. The molecule has 4 aliphatic heterocycles. The van der Waals surface area contributed by atoms with E-state index in [0.29, 0.717) is 17.9 Å². The molecule has 1 aliphatic carbocycles. The largest absolute Gasteiger partial charge is 0.456 e. The lowest BCUT2D eigenvalue weighted by Gasteiger charge is -2.57. The van der Waals surface area contributed by atoms with Crippen LogP contribution >= 0.6 is 0 Å². The molecule has 0 unspecified atom stereocenters. The molecular weight excluding hydrogens is 408 g/mol. The van der Waals surface area contributed by atoms with E-state index in [-0.39, 0.29) is 24.1 Å². The molecule has 0 aromatic heterocycles. The molecule has 6 rings (SSSR count). The molecule has 2 bridgehead atoms. The average molecular weight is 435 g/mol. The summed E-state index contributed by atoms with van der Waals surface area (Å²) in [4.78, 5) is 24.8. The number of hydrogen-bond acceptors (Lipinski definition) is 5. The number of benzene rings is 1. The highest BCUT2D eigenvalue weighted by atomic mass is 19.2. The molecule has 1 amide bonds. The predicted molar refractivity (Wildman–Crippen MR) is 105 cm³/mol. The van der Waals surface area contributed by atoms with Gasteiger partial charge in [0.15, 0.2) is 23.0 Å². The summed E-state index contributed by atoms with van der Waals surface area (Å²) >= 11 is 0. The van der Waals surface area contributed by atoms with Crippen LogP contribution in [0.1, 0.15) is 52.0 Å². The summed E-state index contributed by atoms with van der Waals surface area (Å²) < 4.78 is 39.0. The summed E-state index contributed by atoms with van der Waals surface area (Å²) in [6.07, 6.45) is 2.70. The highest BCUT2D eigenvalue weighted by molar-refractivity contribution is 5.92. The van der Waals surface area contributed by atoms with Gasteiger partial charge in [-0.1, -0.05) is 13.0 Å². The highest BCUT2D eigenvalue weighted by Gasteiger charge is 2.68. The van der Waals surface area contributed by atoms with Gasteiger partial charge in [0, 0.05) is 24.8 Å². The molecule has 4 heterocycles. The third kappa shape index (κ3) is 3.18. The number of carbonyl (C=O) groups is 1. The minimum absolute atomic E-state index is 0.0501. The van der Waals surface area contributed by atoms with Crippen LogP contribution in [0.25, 0.3) is 0 Å². The van der Waals surface area contributed by atoms with Crippen molar-refractivity contribution >= 4 is 5.91 Å². The molecule has 1 saturated carbocycles. The van der Waals surface area contributed by atoms with Crippen molar-refractivity contribution in [3.63, 3.8) is 0 Å². The summed E-state index contributed by atoms with van der Waals surface area (Å²) in [5, 5.41) is 2.75. The highest BCUT2D eigenvalue weighted by Crippen LogP contribution is 2.60. The second kappa shape index (κ2) is 7.25. The minimum atomic E-state index is -0.950. The molecule has 6 atom stereocenters. The van der Waals surface area contributed by atoms with Crippen LogP contribution in [0.3, 0.4) is 0 Å². The first-order valence-corrected chi connectivity index (χ1v) is 10.9. The van der Waals surface area contributed by atoms with Gasteiger partial charge in [-0.3, -0.25) is 4.79 Å². The van der Waals surface area contributed by atoms with Crippen LogP contribution in [0.5, 0.6) is 0 Å². The van der Waals surface area contributed by atoms with Gasteiger partial charge in [0.25, 0.3) is 5.91 Å². The zero-order valence-electron chi connectivity index (χ0n) is 17.9. The fourth-order valence-electron chi connectivity index (χ4n) is 5.76. The number of halogens is 2. The predicted octanol–water partition coefficient (Wildman–Crippen LogP) is 4.10. The van der Waals surface area contributed by atoms with Gasteiger partial charge >= 0.3 is 0 Å². The zero-order chi connectivity index (χ0) is 22.0. The molecule has 1 aromatic rings. The number of amides is 1. The molecule has 6 nitrogen and oxygen atoms in total. The van der Waals surface area contributed by atoms with Gasteiger partial charge in [0.05, 0.1) is 0 Å². The van der Waals surface area contributed by atoms with Crippen LogP contribution in [0.2, 0.25) is 0 Å². The molecule has 0 radical (unpaired) electrons. The number of fused-ring (bicyclic) bond motifs is 2. The molecule has 168 valence electrons. The van der Waals surface area contributed by atoms with Crippen molar-refractivity contribution in [2.24, 2.45) is 17.8 Å². The molecular formula is C23H27F2NO5. The van der Waals surface area contributed by atoms with Gasteiger partial charge in [0.2, 0.25) is 12.1 Å². The van der Waals surface area contributed by atoms with E-state index in [1.807, 2.05) is 13.8 Å². The monoisotopic (exact) mass is 435 g/mol. The molecule has 3 saturated heterocycles. The number of rotatable bonds is 3. The van der Waals surface area contributed by atoms with Crippen LogP contribution < -0.4 is 5.32 Å². The summed E-state index contributed by atoms with van der Waals surface area (Å²) in [6, 6.07) is 3.54. The quantitative estimate of drug-likeness (QED) is 0.725. The second-order valence-electron chi connectivity index (χ2n) is 9.42. The molecule has 8 heteroatoms. The number of ether oxygens (including phenoxy) is 2. The Labute approximate surface area is 179 Å². The SMILES string of the molecule is CC1=C(C(=O)NCc2ccc(F)c(F)c2)O[C@@H]2O[C@@]3(C)CC[C@H]4[C@H](C)CC[C@@H]1[C@@]24OO3. The van der Waals surface area contributed by atoms with E-state index in [2.05, 4.69) is 12.2 Å². The van der Waals surface area contributed by atoms with Gasteiger partial charge in [0.1, 0.15) is 0 Å². The van der Waals surface area contributed by atoms with Crippen molar-refractivity contribution in [1.29, 1.82) is 0 Å². The first kappa shape index (κ1) is 20.8. The summed E-state index contributed by atoms with van der Waals surface area (Å²) in [6.45, 7) is 5.99. The van der Waals surface area contributed by atoms with Gasteiger partial charge in [-0.25, -0.2) is 18.6 Å². The minimum Gasteiger partial charge on any atom is -0.456 e. The Hall–Kier alpha value is -2.03. The van der Waals surface area contributed by atoms with E-state index in [9.17, 15) is 13.6 Å². The molecule has 4 fully saturated rings. The maximum absolute atomic E-state index is 13.5. The Balaban J connectivity index is 1.43. The number of nitrogens with one attached hydrogen (secondary N) is 1. The van der Waals surface area contributed by atoms with Gasteiger partial charge < -0.3 is 14.8 Å². The van der Waals surface area contributed by atoms with E-state index in [0.717, 1.165) is 37.0 Å². The maximum atomic E-state index is 13.5. The van der Waals surface area contributed by atoms with Gasteiger partial charge in [-0.15, -0.1) is 0 Å². The van der Waals surface area contributed by atoms with Gasteiger partial charge in [-0.05, 0) is 62.3 Å². The summed E-state index contributed by atoms with van der Waals surface area (Å²) in [5.41, 5.74) is 0.480. The molecule has 5 aliphatic rings. The Morgan fingerprint density at radius 1 is 1.19 bits per heavy atom. The third-order valence-corrected chi connectivity index (χ3v) is 7.47. The van der Waals surface area contributed by atoms with Crippen LogP contribution in [0.15, 0.2) is 29.5 Å². The molecule has 1 spiro atoms.